The van der Waals surface area contributed by atoms with Crippen molar-refractivity contribution in [2.24, 2.45) is 0 Å². The number of benzene rings is 4. The van der Waals surface area contributed by atoms with Gasteiger partial charge in [0.15, 0.2) is 0 Å². The Balaban J connectivity index is 1.45. The van der Waals surface area contributed by atoms with E-state index in [1.807, 2.05) is 116 Å². The number of anilines is 1. The molecule has 254 valence electrons. The number of rotatable bonds is 14. The van der Waals surface area contributed by atoms with E-state index in [2.05, 4.69) is 10.6 Å². The molecule has 0 aliphatic heterocycles. The fraction of sp³-hybridized carbons (Fsp3) is 0.268. The van der Waals surface area contributed by atoms with Crippen molar-refractivity contribution in [2.45, 2.75) is 70.7 Å². The van der Waals surface area contributed by atoms with Gasteiger partial charge in [0.25, 0.3) is 5.91 Å². The highest BCUT2D eigenvalue weighted by Crippen LogP contribution is 2.42. The predicted molar refractivity (Wildman–Crippen MR) is 193 cm³/mol. The molecule has 0 spiro atoms. The van der Waals surface area contributed by atoms with E-state index in [0.717, 1.165) is 28.1 Å². The Morgan fingerprint density at radius 1 is 0.755 bits per heavy atom. The second-order valence-electron chi connectivity index (χ2n) is 12.7. The normalized spacial score (nSPS) is 13.1. The lowest BCUT2D eigenvalue weighted by molar-refractivity contribution is -0.124. The molecule has 4 N–H and O–H groups in total. The lowest BCUT2D eigenvalue weighted by atomic mass is 9.94. The van der Waals surface area contributed by atoms with Crippen LogP contribution in [0.15, 0.2) is 115 Å². The SMILES string of the molecule is CC(C)c1c(C(=O)Nc2ccccc2)c(-c2ccccc2)c(-c2ccc(F)cc2)n1CC[C@@H](O)C[C@@H](O)CC(=O)N[C@H](C)c1ccccc1. The molecule has 1 heterocycles. The van der Waals surface area contributed by atoms with E-state index in [1.165, 1.54) is 12.1 Å². The highest BCUT2D eigenvalue weighted by Gasteiger charge is 2.31. The average molecular weight is 662 g/mol. The van der Waals surface area contributed by atoms with Crippen LogP contribution >= 0.6 is 0 Å². The van der Waals surface area contributed by atoms with Gasteiger partial charge >= 0.3 is 0 Å². The lowest BCUT2D eigenvalue weighted by Crippen LogP contribution is -2.31. The van der Waals surface area contributed by atoms with Crippen molar-refractivity contribution in [1.29, 1.82) is 0 Å². The van der Waals surface area contributed by atoms with Crippen LogP contribution in [0.4, 0.5) is 10.1 Å². The van der Waals surface area contributed by atoms with Gasteiger partial charge in [-0.15, -0.1) is 0 Å². The first-order valence-corrected chi connectivity index (χ1v) is 16.8. The number of hydrogen-bond donors (Lipinski definition) is 4. The van der Waals surface area contributed by atoms with E-state index in [1.54, 1.807) is 12.1 Å². The van der Waals surface area contributed by atoms with E-state index in [0.29, 0.717) is 23.4 Å². The van der Waals surface area contributed by atoms with Crippen molar-refractivity contribution in [2.75, 3.05) is 5.32 Å². The second-order valence-corrected chi connectivity index (χ2v) is 12.7. The van der Waals surface area contributed by atoms with Gasteiger partial charge in [0.2, 0.25) is 5.91 Å². The van der Waals surface area contributed by atoms with Gasteiger partial charge in [-0.3, -0.25) is 9.59 Å². The zero-order valence-corrected chi connectivity index (χ0v) is 28.1. The number of halogens is 1. The fourth-order valence-corrected chi connectivity index (χ4v) is 6.34. The monoisotopic (exact) mass is 661 g/mol. The summed E-state index contributed by atoms with van der Waals surface area (Å²) >= 11 is 0. The summed E-state index contributed by atoms with van der Waals surface area (Å²) in [5.74, 6) is -1.06. The molecule has 8 heteroatoms. The van der Waals surface area contributed by atoms with Gasteiger partial charge in [-0.2, -0.15) is 0 Å². The number of aromatic nitrogens is 1. The van der Waals surface area contributed by atoms with E-state index < -0.39 is 12.2 Å². The summed E-state index contributed by atoms with van der Waals surface area (Å²) in [7, 11) is 0. The van der Waals surface area contributed by atoms with E-state index in [4.69, 9.17) is 0 Å². The third-order valence-electron chi connectivity index (χ3n) is 8.62. The highest BCUT2D eigenvalue weighted by molar-refractivity contribution is 6.12. The van der Waals surface area contributed by atoms with Crippen molar-refractivity contribution in [3.63, 3.8) is 0 Å². The van der Waals surface area contributed by atoms with Crippen molar-refractivity contribution < 1.29 is 24.2 Å². The molecule has 7 nitrogen and oxygen atoms in total. The first kappa shape index (κ1) is 35.3. The molecular weight excluding hydrogens is 617 g/mol. The first-order chi connectivity index (χ1) is 23.6. The Labute approximate surface area is 287 Å². The van der Waals surface area contributed by atoms with Gasteiger partial charge < -0.3 is 25.4 Å². The molecule has 5 aromatic rings. The van der Waals surface area contributed by atoms with Crippen LogP contribution in [0, 0.1) is 5.82 Å². The molecule has 0 aliphatic rings. The maximum atomic E-state index is 14.2. The predicted octanol–water partition coefficient (Wildman–Crippen LogP) is 8.11. The van der Waals surface area contributed by atoms with Crippen molar-refractivity contribution >= 4 is 17.5 Å². The molecule has 2 amide bonds. The molecule has 49 heavy (non-hydrogen) atoms. The number of aliphatic hydroxyl groups is 2. The molecule has 0 saturated heterocycles. The molecule has 4 aromatic carbocycles. The lowest BCUT2D eigenvalue weighted by Gasteiger charge is -2.21. The number of carbonyl (C=O) groups excluding carboxylic acids is 2. The number of para-hydroxylation sites is 1. The summed E-state index contributed by atoms with van der Waals surface area (Å²) in [6.07, 6.45) is -1.87. The van der Waals surface area contributed by atoms with Crippen molar-refractivity contribution in [1.82, 2.24) is 9.88 Å². The van der Waals surface area contributed by atoms with Gasteiger partial charge in [0.1, 0.15) is 5.82 Å². The standard InChI is InChI=1S/C41H44FN3O4/c1-27(2)39-38(41(49)44-33-17-11-6-12-18-33)37(30-15-9-5-10-16-30)40(31-19-21-32(42)22-20-31)45(39)24-23-34(46)25-35(47)26-36(48)43-28(3)29-13-7-4-8-14-29/h4-22,27-28,34-35,46-47H,23-26H2,1-3H3,(H,43,48)(H,44,49)/t28-,34-,35-/m1/s1. The minimum Gasteiger partial charge on any atom is -0.393 e. The third kappa shape index (κ3) is 8.90. The van der Waals surface area contributed by atoms with E-state index >= 15 is 0 Å². The Kier molecular flexibility index (Phi) is 11.8. The smallest absolute Gasteiger partial charge is 0.258 e. The summed E-state index contributed by atoms with van der Waals surface area (Å²) < 4.78 is 16.2. The van der Waals surface area contributed by atoms with Gasteiger partial charge in [-0.25, -0.2) is 4.39 Å². The van der Waals surface area contributed by atoms with Crippen LogP contribution in [0.5, 0.6) is 0 Å². The highest BCUT2D eigenvalue weighted by atomic mass is 19.1. The number of hydrogen-bond acceptors (Lipinski definition) is 4. The Morgan fingerprint density at radius 2 is 1.35 bits per heavy atom. The molecule has 0 saturated carbocycles. The quantitative estimate of drug-likeness (QED) is 0.0966. The average Bonchev–Trinajstić information content (AvgIpc) is 3.44. The Hall–Kier alpha value is -5.05. The number of nitrogens with one attached hydrogen (secondary N) is 2. The van der Waals surface area contributed by atoms with Crippen LogP contribution in [-0.4, -0.2) is 38.8 Å². The fourth-order valence-electron chi connectivity index (χ4n) is 6.34. The number of amides is 2. The van der Waals surface area contributed by atoms with Crippen molar-refractivity contribution in [3.05, 3.63) is 138 Å². The van der Waals surface area contributed by atoms with E-state index in [9.17, 15) is 24.2 Å². The van der Waals surface area contributed by atoms with Crippen LogP contribution in [0.25, 0.3) is 22.4 Å². The minimum absolute atomic E-state index is 0.00416. The summed E-state index contributed by atoms with van der Waals surface area (Å²) in [6, 6.07) is 34.4. The van der Waals surface area contributed by atoms with Gasteiger partial charge in [0.05, 0.1) is 35.9 Å². The summed E-state index contributed by atoms with van der Waals surface area (Å²) in [4.78, 5) is 26.9. The van der Waals surface area contributed by atoms with Gasteiger partial charge in [-0.1, -0.05) is 92.7 Å². The maximum Gasteiger partial charge on any atom is 0.258 e. The molecule has 0 fully saturated rings. The molecule has 5 rings (SSSR count). The van der Waals surface area contributed by atoms with Crippen LogP contribution in [-0.2, 0) is 11.3 Å². The molecule has 0 bridgehead atoms. The van der Waals surface area contributed by atoms with Crippen LogP contribution in [0.1, 0.15) is 73.6 Å². The van der Waals surface area contributed by atoms with Crippen LogP contribution in [0.3, 0.4) is 0 Å². The van der Waals surface area contributed by atoms with Crippen LogP contribution in [0.2, 0.25) is 0 Å². The zero-order chi connectivity index (χ0) is 34.9. The zero-order valence-electron chi connectivity index (χ0n) is 28.1. The number of carbonyl (C=O) groups is 2. The summed E-state index contributed by atoms with van der Waals surface area (Å²) in [5, 5.41) is 27.9. The van der Waals surface area contributed by atoms with Gasteiger partial charge in [0, 0.05) is 23.5 Å². The topological polar surface area (TPSA) is 104 Å². The molecule has 0 unspecified atom stereocenters. The summed E-state index contributed by atoms with van der Waals surface area (Å²) in [6.45, 7) is 6.23. The molecule has 1 aromatic heterocycles. The minimum atomic E-state index is -1.05. The van der Waals surface area contributed by atoms with Crippen LogP contribution < -0.4 is 10.6 Å². The van der Waals surface area contributed by atoms with Gasteiger partial charge in [-0.05, 0) is 78.8 Å². The molecule has 0 radical (unpaired) electrons. The second kappa shape index (κ2) is 16.4. The number of nitrogens with zero attached hydrogens (tertiary/aromatic N) is 1. The molecule has 0 aliphatic carbocycles. The number of aliphatic hydroxyl groups excluding tert-OH is 2. The molecular formula is C41H44FN3O4. The van der Waals surface area contributed by atoms with E-state index in [-0.39, 0.29) is 48.9 Å². The Bertz CT molecular complexity index is 1820. The summed E-state index contributed by atoms with van der Waals surface area (Å²) in [5.41, 5.74) is 5.88. The molecule has 3 atom stereocenters. The third-order valence-corrected chi connectivity index (χ3v) is 8.62. The largest absolute Gasteiger partial charge is 0.393 e. The maximum absolute atomic E-state index is 14.2. The van der Waals surface area contributed by atoms with Crippen molar-refractivity contribution in [3.8, 4) is 22.4 Å². The first-order valence-electron chi connectivity index (χ1n) is 16.8. The Morgan fingerprint density at radius 3 is 1.96 bits per heavy atom.